The van der Waals surface area contributed by atoms with Crippen LogP contribution >= 0.6 is 0 Å². The number of ether oxygens (including phenoxy) is 1. The standard InChI is InChI=1S/C18H27NO2/c1-3-16(21-17-13-9-8-10-14(17)2)18(20)19-15-11-6-4-5-7-12-15/h8-10,13,15-16H,3-7,11-12H2,1-2H3,(H,19,20)/t16-/m1/s1. The number of rotatable bonds is 5. The maximum atomic E-state index is 12.4. The Labute approximate surface area is 128 Å². The number of amides is 1. The molecule has 1 aromatic rings. The van der Waals surface area contributed by atoms with Crippen LogP contribution in [-0.2, 0) is 4.79 Å². The molecule has 0 spiro atoms. The molecule has 0 heterocycles. The van der Waals surface area contributed by atoms with Crippen LogP contribution in [0.4, 0.5) is 0 Å². The lowest BCUT2D eigenvalue weighted by Crippen LogP contribution is -2.43. The van der Waals surface area contributed by atoms with Crippen LogP contribution in [-0.4, -0.2) is 18.1 Å². The molecule has 0 bridgehead atoms. The van der Waals surface area contributed by atoms with E-state index in [4.69, 9.17) is 4.74 Å². The van der Waals surface area contributed by atoms with Gasteiger partial charge in [-0.05, 0) is 37.8 Å². The van der Waals surface area contributed by atoms with Gasteiger partial charge in [-0.3, -0.25) is 4.79 Å². The maximum Gasteiger partial charge on any atom is 0.261 e. The Morgan fingerprint density at radius 3 is 2.52 bits per heavy atom. The number of hydrogen-bond acceptors (Lipinski definition) is 2. The lowest BCUT2D eigenvalue weighted by molar-refractivity contribution is -0.128. The first kappa shape index (κ1) is 15.9. The zero-order valence-electron chi connectivity index (χ0n) is 13.2. The third-order valence-electron chi connectivity index (χ3n) is 4.23. The van der Waals surface area contributed by atoms with E-state index in [9.17, 15) is 4.79 Å². The van der Waals surface area contributed by atoms with Gasteiger partial charge in [-0.2, -0.15) is 0 Å². The van der Waals surface area contributed by atoms with Crippen LogP contribution < -0.4 is 10.1 Å². The van der Waals surface area contributed by atoms with Crippen LogP contribution in [0, 0.1) is 6.92 Å². The van der Waals surface area contributed by atoms with Crippen molar-refractivity contribution in [1.82, 2.24) is 5.32 Å². The fourth-order valence-electron chi connectivity index (χ4n) is 2.88. The lowest BCUT2D eigenvalue weighted by Gasteiger charge is -2.22. The number of para-hydroxylation sites is 1. The summed E-state index contributed by atoms with van der Waals surface area (Å²) in [6.45, 7) is 4.00. The molecule has 0 saturated heterocycles. The number of nitrogens with one attached hydrogen (secondary N) is 1. The predicted octanol–water partition coefficient (Wildman–Crippen LogP) is 3.99. The van der Waals surface area contributed by atoms with Gasteiger partial charge in [0.15, 0.2) is 6.10 Å². The van der Waals surface area contributed by atoms with Gasteiger partial charge >= 0.3 is 0 Å². The summed E-state index contributed by atoms with van der Waals surface area (Å²) < 4.78 is 5.92. The van der Waals surface area contributed by atoms with Gasteiger partial charge in [0.2, 0.25) is 0 Å². The summed E-state index contributed by atoms with van der Waals surface area (Å²) in [5, 5.41) is 3.19. The molecule has 116 valence electrons. The van der Waals surface area contributed by atoms with Gasteiger partial charge in [-0.15, -0.1) is 0 Å². The van der Waals surface area contributed by atoms with Gasteiger partial charge in [0.25, 0.3) is 5.91 Å². The summed E-state index contributed by atoms with van der Waals surface area (Å²) in [5.74, 6) is 0.841. The summed E-state index contributed by atoms with van der Waals surface area (Å²) in [7, 11) is 0. The van der Waals surface area contributed by atoms with E-state index in [1.807, 2.05) is 38.1 Å². The minimum absolute atomic E-state index is 0.0349. The van der Waals surface area contributed by atoms with Crippen LogP contribution in [0.25, 0.3) is 0 Å². The Hall–Kier alpha value is -1.51. The van der Waals surface area contributed by atoms with Crippen molar-refractivity contribution in [3.63, 3.8) is 0 Å². The van der Waals surface area contributed by atoms with E-state index in [0.29, 0.717) is 12.5 Å². The molecule has 2 rings (SSSR count). The first-order valence-electron chi connectivity index (χ1n) is 8.23. The monoisotopic (exact) mass is 289 g/mol. The Kier molecular flexibility index (Phi) is 6.09. The molecule has 1 atom stereocenters. The Morgan fingerprint density at radius 1 is 1.24 bits per heavy atom. The third kappa shape index (κ3) is 4.76. The van der Waals surface area contributed by atoms with Crippen molar-refractivity contribution in [2.24, 2.45) is 0 Å². The highest BCUT2D eigenvalue weighted by atomic mass is 16.5. The van der Waals surface area contributed by atoms with E-state index in [1.54, 1.807) is 0 Å². The van der Waals surface area contributed by atoms with E-state index in [-0.39, 0.29) is 5.91 Å². The average Bonchev–Trinajstić information content (AvgIpc) is 2.75. The molecule has 1 N–H and O–H groups in total. The maximum absolute atomic E-state index is 12.4. The van der Waals surface area contributed by atoms with Crippen LogP contribution in [0.2, 0.25) is 0 Å². The van der Waals surface area contributed by atoms with Gasteiger partial charge in [0, 0.05) is 6.04 Å². The zero-order valence-corrected chi connectivity index (χ0v) is 13.2. The second-order valence-corrected chi connectivity index (χ2v) is 5.98. The minimum Gasteiger partial charge on any atom is -0.480 e. The number of carbonyl (C=O) groups is 1. The summed E-state index contributed by atoms with van der Waals surface area (Å²) in [5.41, 5.74) is 1.07. The molecule has 3 heteroatoms. The molecule has 0 radical (unpaired) electrons. The van der Waals surface area contributed by atoms with Gasteiger partial charge in [-0.1, -0.05) is 50.8 Å². The Morgan fingerprint density at radius 2 is 1.90 bits per heavy atom. The molecule has 1 fully saturated rings. The number of carbonyl (C=O) groups excluding carboxylic acids is 1. The zero-order chi connectivity index (χ0) is 15.1. The van der Waals surface area contributed by atoms with Crippen molar-refractivity contribution in [3.8, 4) is 5.75 Å². The van der Waals surface area contributed by atoms with Crippen LogP contribution in [0.15, 0.2) is 24.3 Å². The van der Waals surface area contributed by atoms with E-state index in [1.165, 1.54) is 25.7 Å². The number of benzene rings is 1. The predicted molar refractivity (Wildman–Crippen MR) is 85.5 cm³/mol. The van der Waals surface area contributed by atoms with Crippen molar-refractivity contribution in [2.75, 3.05) is 0 Å². The van der Waals surface area contributed by atoms with E-state index in [0.717, 1.165) is 24.2 Å². The van der Waals surface area contributed by atoms with E-state index < -0.39 is 6.10 Å². The Balaban J connectivity index is 1.93. The summed E-state index contributed by atoms with van der Waals surface area (Å²) in [6.07, 6.45) is 7.54. The summed E-state index contributed by atoms with van der Waals surface area (Å²) >= 11 is 0. The molecular formula is C18H27NO2. The molecule has 1 aliphatic carbocycles. The topological polar surface area (TPSA) is 38.3 Å². The molecule has 1 aliphatic rings. The van der Waals surface area contributed by atoms with E-state index >= 15 is 0 Å². The molecular weight excluding hydrogens is 262 g/mol. The molecule has 1 aromatic carbocycles. The highest BCUT2D eigenvalue weighted by molar-refractivity contribution is 5.81. The van der Waals surface area contributed by atoms with E-state index in [2.05, 4.69) is 5.32 Å². The van der Waals surface area contributed by atoms with Crippen LogP contribution in [0.1, 0.15) is 57.4 Å². The molecule has 0 aliphatic heterocycles. The van der Waals surface area contributed by atoms with Crippen molar-refractivity contribution < 1.29 is 9.53 Å². The summed E-state index contributed by atoms with van der Waals surface area (Å²) in [6, 6.07) is 8.18. The molecule has 3 nitrogen and oxygen atoms in total. The molecule has 21 heavy (non-hydrogen) atoms. The quantitative estimate of drug-likeness (QED) is 0.832. The third-order valence-corrected chi connectivity index (χ3v) is 4.23. The van der Waals surface area contributed by atoms with Crippen LogP contribution in [0.5, 0.6) is 5.75 Å². The SMILES string of the molecule is CC[C@@H](Oc1ccccc1C)C(=O)NC1CCCCCC1. The smallest absolute Gasteiger partial charge is 0.261 e. The molecule has 0 unspecified atom stereocenters. The van der Waals surface area contributed by atoms with Crippen molar-refractivity contribution in [1.29, 1.82) is 0 Å². The van der Waals surface area contributed by atoms with Gasteiger partial charge < -0.3 is 10.1 Å². The molecule has 0 aromatic heterocycles. The molecule has 1 saturated carbocycles. The van der Waals surface area contributed by atoms with Crippen molar-refractivity contribution in [3.05, 3.63) is 29.8 Å². The average molecular weight is 289 g/mol. The first-order chi connectivity index (χ1) is 10.2. The number of aryl methyl sites for hydroxylation is 1. The van der Waals surface area contributed by atoms with Crippen molar-refractivity contribution >= 4 is 5.91 Å². The number of hydrogen-bond donors (Lipinski definition) is 1. The molecule has 1 amide bonds. The van der Waals surface area contributed by atoms with Gasteiger partial charge in [0.1, 0.15) is 5.75 Å². The summed E-state index contributed by atoms with van der Waals surface area (Å²) in [4.78, 5) is 12.4. The largest absolute Gasteiger partial charge is 0.480 e. The lowest BCUT2D eigenvalue weighted by atomic mass is 10.1. The second-order valence-electron chi connectivity index (χ2n) is 5.98. The first-order valence-corrected chi connectivity index (χ1v) is 8.23. The Bertz CT molecular complexity index is 450. The fourth-order valence-corrected chi connectivity index (χ4v) is 2.88. The normalized spacial score (nSPS) is 17.8. The highest BCUT2D eigenvalue weighted by Crippen LogP contribution is 2.20. The van der Waals surface area contributed by atoms with Crippen molar-refractivity contribution in [2.45, 2.75) is 70.9 Å². The van der Waals surface area contributed by atoms with Gasteiger partial charge in [-0.25, -0.2) is 0 Å². The second kappa shape index (κ2) is 8.06. The highest BCUT2D eigenvalue weighted by Gasteiger charge is 2.22. The van der Waals surface area contributed by atoms with Gasteiger partial charge in [0.05, 0.1) is 0 Å². The minimum atomic E-state index is -0.394. The fraction of sp³-hybridized carbons (Fsp3) is 0.611. The van der Waals surface area contributed by atoms with Crippen LogP contribution in [0.3, 0.4) is 0 Å².